The molecule has 3 rings (SSSR count). The summed E-state index contributed by atoms with van der Waals surface area (Å²) in [4.78, 5) is 29.1. The number of pyridine rings is 2. The van der Waals surface area contributed by atoms with Crippen LogP contribution in [-0.4, -0.2) is 47.8 Å². The molecule has 10 nitrogen and oxygen atoms in total. The summed E-state index contributed by atoms with van der Waals surface area (Å²) in [5.74, 6) is -0.698. The van der Waals surface area contributed by atoms with Gasteiger partial charge in [-0.25, -0.2) is 4.98 Å². The lowest BCUT2D eigenvalue weighted by Gasteiger charge is -2.11. The van der Waals surface area contributed by atoms with Crippen molar-refractivity contribution in [1.82, 2.24) is 30.2 Å². The standard InChI is InChI=1S/C13H13N7O3/c1-7-2-3-8-10(22)9(6-20(4-5-21)11(8)14-7)12(23)15-13-16-18-19-17-13/h2-3,6,21H,4-5H2,1H3,(H2,15,16,17,18,19,23). The fourth-order valence-electron chi connectivity index (χ4n) is 2.18. The molecule has 0 unspecified atom stereocenters. The van der Waals surface area contributed by atoms with Gasteiger partial charge >= 0.3 is 0 Å². The minimum atomic E-state index is -0.662. The van der Waals surface area contributed by atoms with E-state index in [2.05, 4.69) is 30.9 Å². The zero-order chi connectivity index (χ0) is 16.4. The van der Waals surface area contributed by atoms with Gasteiger partial charge in [0.1, 0.15) is 11.2 Å². The van der Waals surface area contributed by atoms with Gasteiger partial charge in [0.2, 0.25) is 5.43 Å². The Morgan fingerprint density at radius 1 is 1.43 bits per heavy atom. The van der Waals surface area contributed by atoms with E-state index in [0.29, 0.717) is 11.0 Å². The molecular weight excluding hydrogens is 302 g/mol. The molecule has 0 spiro atoms. The van der Waals surface area contributed by atoms with E-state index < -0.39 is 11.3 Å². The fourth-order valence-corrected chi connectivity index (χ4v) is 2.18. The molecule has 118 valence electrons. The molecule has 0 fully saturated rings. The second kappa shape index (κ2) is 5.93. The number of nitrogens with zero attached hydrogens (tertiary/aromatic N) is 5. The van der Waals surface area contributed by atoms with Crippen molar-refractivity contribution in [1.29, 1.82) is 0 Å². The van der Waals surface area contributed by atoms with E-state index in [1.54, 1.807) is 23.6 Å². The first-order chi connectivity index (χ1) is 11.1. The smallest absolute Gasteiger partial charge is 0.270 e. The van der Waals surface area contributed by atoms with Crippen molar-refractivity contribution in [3.63, 3.8) is 0 Å². The van der Waals surface area contributed by atoms with E-state index in [-0.39, 0.29) is 24.7 Å². The number of nitrogens with one attached hydrogen (secondary N) is 2. The summed E-state index contributed by atoms with van der Waals surface area (Å²) in [5.41, 5.74) is 0.594. The molecule has 0 saturated carbocycles. The predicted octanol–water partition coefficient (Wildman–Crippen LogP) is -0.537. The van der Waals surface area contributed by atoms with Gasteiger partial charge in [-0.3, -0.25) is 14.9 Å². The molecule has 0 aliphatic carbocycles. The van der Waals surface area contributed by atoms with Gasteiger partial charge in [-0.1, -0.05) is 5.10 Å². The number of aliphatic hydroxyl groups is 1. The largest absolute Gasteiger partial charge is 0.395 e. The Balaban J connectivity index is 2.13. The van der Waals surface area contributed by atoms with Gasteiger partial charge < -0.3 is 9.67 Å². The Morgan fingerprint density at radius 2 is 2.26 bits per heavy atom. The molecule has 0 saturated heterocycles. The molecule has 0 atom stereocenters. The average Bonchev–Trinajstić information content (AvgIpc) is 3.03. The summed E-state index contributed by atoms with van der Waals surface area (Å²) in [5, 5.41) is 24.6. The summed E-state index contributed by atoms with van der Waals surface area (Å²) >= 11 is 0. The molecule has 3 aromatic rings. The Morgan fingerprint density at radius 3 is 2.96 bits per heavy atom. The summed E-state index contributed by atoms with van der Waals surface area (Å²) in [6.07, 6.45) is 1.36. The number of aryl methyl sites for hydroxylation is 1. The zero-order valence-electron chi connectivity index (χ0n) is 12.1. The van der Waals surface area contributed by atoms with E-state index in [4.69, 9.17) is 0 Å². The lowest BCUT2D eigenvalue weighted by atomic mass is 10.1. The van der Waals surface area contributed by atoms with Crippen LogP contribution in [0.3, 0.4) is 0 Å². The number of anilines is 1. The van der Waals surface area contributed by atoms with E-state index in [9.17, 15) is 14.7 Å². The lowest BCUT2D eigenvalue weighted by molar-refractivity contribution is 0.102. The van der Waals surface area contributed by atoms with Crippen molar-refractivity contribution in [3.05, 3.63) is 39.8 Å². The van der Waals surface area contributed by atoms with Crippen molar-refractivity contribution < 1.29 is 9.90 Å². The first-order valence-electron chi connectivity index (χ1n) is 6.76. The topological polar surface area (TPSA) is 139 Å². The number of hydrogen-bond acceptors (Lipinski definition) is 7. The second-order valence-corrected chi connectivity index (χ2v) is 4.80. The molecule has 23 heavy (non-hydrogen) atoms. The van der Waals surface area contributed by atoms with E-state index in [1.807, 2.05) is 0 Å². The molecule has 0 radical (unpaired) electrons. The van der Waals surface area contributed by atoms with E-state index >= 15 is 0 Å². The highest BCUT2D eigenvalue weighted by Crippen LogP contribution is 2.11. The minimum absolute atomic E-state index is 0.0368. The van der Waals surface area contributed by atoms with Gasteiger partial charge in [-0.05, 0) is 24.3 Å². The van der Waals surface area contributed by atoms with E-state index in [0.717, 1.165) is 5.69 Å². The van der Waals surface area contributed by atoms with Gasteiger partial charge in [0, 0.05) is 18.4 Å². The SMILES string of the molecule is Cc1ccc2c(=O)c(C(=O)Nc3nn[nH]n3)cn(CCO)c2n1. The van der Waals surface area contributed by atoms with Crippen molar-refractivity contribution in [2.75, 3.05) is 11.9 Å². The number of rotatable bonds is 4. The van der Waals surface area contributed by atoms with Gasteiger partial charge in [-0.2, -0.15) is 5.21 Å². The Kier molecular flexibility index (Phi) is 3.81. The Labute approximate surface area is 129 Å². The molecule has 0 aliphatic heterocycles. The highest BCUT2D eigenvalue weighted by molar-refractivity contribution is 6.04. The van der Waals surface area contributed by atoms with Crippen molar-refractivity contribution >= 4 is 22.9 Å². The first-order valence-corrected chi connectivity index (χ1v) is 6.76. The number of tetrazole rings is 1. The molecule has 10 heteroatoms. The number of hydrogen-bond donors (Lipinski definition) is 3. The molecule has 3 aromatic heterocycles. The van der Waals surface area contributed by atoms with Gasteiger partial charge in [0.25, 0.3) is 11.9 Å². The zero-order valence-corrected chi connectivity index (χ0v) is 12.1. The third kappa shape index (κ3) is 2.79. The monoisotopic (exact) mass is 315 g/mol. The first kappa shape index (κ1) is 14.8. The maximum atomic E-state index is 12.5. The van der Waals surface area contributed by atoms with Crippen LogP contribution < -0.4 is 10.7 Å². The third-order valence-corrected chi connectivity index (χ3v) is 3.22. The van der Waals surface area contributed by atoms with Crippen LogP contribution in [-0.2, 0) is 6.54 Å². The predicted molar refractivity (Wildman–Crippen MR) is 80.0 cm³/mol. The van der Waals surface area contributed by atoms with Crippen molar-refractivity contribution in [2.24, 2.45) is 0 Å². The number of fused-ring (bicyclic) bond motifs is 1. The highest BCUT2D eigenvalue weighted by atomic mass is 16.3. The van der Waals surface area contributed by atoms with E-state index in [1.165, 1.54) is 6.20 Å². The fraction of sp³-hybridized carbons (Fsp3) is 0.231. The molecule has 3 N–H and O–H groups in total. The van der Waals surface area contributed by atoms with Crippen molar-refractivity contribution in [2.45, 2.75) is 13.5 Å². The lowest BCUT2D eigenvalue weighted by Crippen LogP contribution is -2.25. The number of aliphatic hydroxyl groups excluding tert-OH is 1. The second-order valence-electron chi connectivity index (χ2n) is 4.80. The summed E-state index contributed by atoms with van der Waals surface area (Å²) in [7, 11) is 0. The van der Waals surface area contributed by atoms with Gasteiger partial charge in [0.05, 0.1) is 12.0 Å². The maximum absolute atomic E-state index is 12.5. The Hall–Kier alpha value is -3.14. The van der Waals surface area contributed by atoms with Crippen LogP contribution in [0.1, 0.15) is 16.1 Å². The van der Waals surface area contributed by atoms with Crippen LogP contribution in [0.15, 0.2) is 23.1 Å². The number of H-pyrrole nitrogens is 1. The maximum Gasteiger partial charge on any atom is 0.270 e. The third-order valence-electron chi connectivity index (χ3n) is 3.22. The van der Waals surface area contributed by atoms with Crippen LogP contribution in [0.2, 0.25) is 0 Å². The highest BCUT2D eigenvalue weighted by Gasteiger charge is 2.17. The van der Waals surface area contributed by atoms with Gasteiger partial charge in [-0.15, -0.1) is 5.10 Å². The molecule has 0 aliphatic rings. The molecule has 0 bridgehead atoms. The van der Waals surface area contributed by atoms with Crippen LogP contribution in [0.25, 0.3) is 11.0 Å². The van der Waals surface area contributed by atoms with Crippen LogP contribution >= 0.6 is 0 Å². The summed E-state index contributed by atoms with van der Waals surface area (Å²) < 4.78 is 1.56. The van der Waals surface area contributed by atoms with Crippen LogP contribution in [0.5, 0.6) is 0 Å². The minimum Gasteiger partial charge on any atom is -0.395 e. The number of aromatic amines is 1. The average molecular weight is 315 g/mol. The Bertz CT molecular complexity index is 917. The van der Waals surface area contributed by atoms with Gasteiger partial charge in [0.15, 0.2) is 0 Å². The van der Waals surface area contributed by atoms with Crippen molar-refractivity contribution in [3.8, 4) is 0 Å². The number of carbonyl (C=O) groups excluding carboxylic acids is 1. The molecule has 1 amide bonds. The quantitative estimate of drug-likeness (QED) is 0.587. The molecule has 3 heterocycles. The molecule has 0 aromatic carbocycles. The van der Waals surface area contributed by atoms with Crippen LogP contribution in [0, 0.1) is 6.92 Å². The summed E-state index contributed by atoms with van der Waals surface area (Å²) in [6, 6.07) is 3.30. The molecular formula is C13H13N7O3. The number of amides is 1. The van der Waals surface area contributed by atoms with Crippen LogP contribution in [0.4, 0.5) is 5.95 Å². The number of aromatic nitrogens is 6. The summed E-state index contributed by atoms with van der Waals surface area (Å²) in [6.45, 7) is 1.85. The number of carbonyl (C=O) groups is 1. The normalized spacial score (nSPS) is 10.9.